The predicted molar refractivity (Wildman–Crippen MR) is 99.3 cm³/mol. The van der Waals surface area contributed by atoms with Gasteiger partial charge in [0.05, 0.1) is 20.3 Å². The third-order valence-electron chi connectivity index (χ3n) is 4.49. The smallest absolute Gasteiger partial charge is 0.220 e. The van der Waals surface area contributed by atoms with E-state index in [9.17, 15) is 4.79 Å². The number of hydrogen-bond acceptors (Lipinski definition) is 5. The van der Waals surface area contributed by atoms with Crippen molar-refractivity contribution in [3.8, 4) is 17.1 Å². The van der Waals surface area contributed by atoms with Crippen molar-refractivity contribution in [1.82, 2.24) is 10.2 Å². The van der Waals surface area contributed by atoms with Crippen LogP contribution < -0.4 is 10.1 Å². The van der Waals surface area contributed by atoms with Gasteiger partial charge in [0, 0.05) is 44.6 Å². The molecule has 0 radical (unpaired) electrons. The molecule has 0 unspecified atom stereocenters. The number of aryl methyl sites for hydroxylation is 1. The van der Waals surface area contributed by atoms with E-state index in [1.165, 1.54) is 0 Å². The predicted octanol–water partition coefficient (Wildman–Crippen LogP) is 2.34. The number of benzene rings is 1. The van der Waals surface area contributed by atoms with E-state index >= 15 is 0 Å². The average Bonchev–Trinajstić information content (AvgIpc) is 3.16. The third-order valence-corrected chi connectivity index (χ3v) is 4.49. The van der Waals surface area contributed by atoms with Gasteiger partial charge in [-0.1, -0.05) is 0 Å². The summed E-state index contributed by atoms with van der Waals surface area (Å²) in [5.41, 5.74) is 0.993. The van der Waals surface area contributed by atoms with E-state index in [0.29, 0.717) is 19.4 Å². The first kappa shape index (κ1) is 18.5. The average molecular weight is 358 g/mol. The number of nitrogens with zero attached hydrogens (tertiary/aromatic N) is 1. The molecular formula is C20H26N2O4. The van der Waals surface area contributed by atoms with Crippen molar-refractivity contribution in [2.24, 2.45) is 0 Å². The summed E-state index contributed by atoms with van der Waals surface area (Å²) in [6.07, 6.45) is 1.03. The van der Waals surface area contributed by atoms with Gasteiger partial charge in [0.2, 0.25) is 5.91 Å². The molecule has 1 saturated heterocycles. The molecule has 1 aromatic heterocycles. The Bertz CT molecular complexity index is 690. The molecule has 2 aromatic rings. The largest absolute Gasteiger partial charge is 0.497 e. The zero-order valence-electron chi connectivity index (χ0n) is 15.2. The van der Waals surface area contributed by atoms with Gasteiger partial charge in [-0.25, -0.2) is 0 Å². The number of methoxy groups -OCH3 is 1. The SMILES string of the molecule is COc1ccc(-c2ccc(CCC(=O)NCCN3CCOCC3)o2)cc1. The Labute approximate surface area is 154 Å². The van der Waals surface area contributed by atoms with Gasteiger partial charge in [-0.2, -0.15) is 0 Å². The van der Waals surface area contributed by atoms with Crippen LogP contribution in [0, 0.1) is 0 Å². The Kier molecular flexibility index (Phi) is 6.68. The monoisotopic (exact) mass is 358 g/mol. The van der Waals surface area contributed by atoms with Gasteiger partial charge < -0.3 is 19.2 Å². The van der Waals surface area contributed by atoms with Crippen molar-refractivity contribution in [2.45, 2.75) is 12.8 Å². The molecule has 6 heteroatoms. The summed E-state index contributed by atoms with van der Waals surface area (Å²) < 4.78 is 16.3. The van der Waals surface area contributed by atoms with Crippen LogP contribution in [0.5, 0.6) is 5.75 Å². The number of furan rings is 1. The zero-order valence-corrected chi connectivity index (χ0v) is 15.2. The lowest BCUT2D eigenvalue weighted by molar-refractivity contribution is -0.121. The molecule has 6 nitrogen and oxygen atoms in total. The van der Waals surface area contributed by atoms with Gasteiger partial charge in [-0.15, -0.1) is 0 Å². The first-order valence-electron chi connectivity index (χ1n) is 9.04. The van der Waals surface area contributed by atoms with E-state index in [-0.39, 0.29) is 5.91 Å². The fourth-order valence-electron chi connectivity index (χ4n) is 2.93. The third kappa shape index (κ3) is 5.34. The quantitative estimate of drug-likeness (QED) is 0.785. The lowest BCUT2D eigenvalue weighted by Gasteiger charge is -2.26. The van der Waals surface area contributed by atoms with Crippen LogP contribution >= 0.6 is 0 Å². The Balaban J connectivity index is 1.40. The number of nitrogens with one attached hydrogen (secondary N) is 1. The summed E-state index contributed by atoms with van der Waals surface area (Å²) in [6.45, 7) is 4.99. The molecule has 0 aliphatic carbocycles. The Morgan fingerprint density at radius 2 is 1.92 bits per heavy atom. The van der Waals surface area contributed by atoms with Gasteiger partial charge >= 0.3 is 0 Å². The van der Waals surface area contributed by atoms with Gasteiger partial charge in [0.15, 0.2) is 0 Å². The fraction of sp³-hybridized carbons (Fsp3) is 0.450. The molecule has 1 N–H and O–H groups in total. The van der Waals surface area contributed by atoms with Crippen molar-refractivity contribution in [3.63, 3.8) is 0 Å². The topological polar surface area (TPSA) is 63.9 Å². The summed E-state index contributed by atoms with van der Waals surface area (Å²) in [6, 6.07) is 11.6. The first-order valence-corrected chi connectivity index (χ1v) is 9.04. The highest BCUT2D eigenvalue weighted by atomic mass is 16.5. The summed E-state index contributed by atoms with van der Waals surface area (Å²) in [5, 5.41) is 2.97. The van der Waals surface area contributed by atoms with Crippen LogP contribution in [0.15, 0.2) is 40.8 Å². The maximum Gasteiger partial charge on any atom is 0.220 e. The highest BCUT2D eigenvalue weighted by Gasteiger charge is 2.11. The normalized spacial score (nSPS) is 15.0. The number of amides is 1. The molecule has 0 bridgehead atoms. The Hall–Kier alpha value is -2.31. The van der Waals surface area contributed by atoms with Crippen molar-refractivity contribution in [3.05, 3.63) is 42.2 Å². The fourth-order valence-corrected chi connectivity index (χ4v) is 2.93. The Morgan fingerprint density at radius 3 is 2.65 bits per heavy atom. The van der Waals surface area contributed by atoms with Crippen LogP contribution in [0.3, 0.4) is 0 Å². The molecule has 1 aromatic carbocycles. The standard InChI is InChI=1S/C20H26N2O4/c1-24-17-4-2-16(3-5-17)19-8-6-18(26-19)7-9-20(23)21-10-11-22-12-14-25-15-13-22/h2-6,8H,7,9-15H2,1H3,(H,21,23). The van der Waals surface area contributed by atoms with Gasteiger partial charge in [-0.3, -0.25) is 9.69 Å². The summed E-state index contributed by atoms with van der Waals surface area (Å²) in [4.78, 5) is 14.3. The summed E-state index contributed by atoms with van der Waals surface area (Å²) in [5.74, 6) is 2.49. The molecule has 0 saturated carbocycles. The number of carbonyl (C=O) groups excluding carboxylic acids is 1. The molecule has 3 rings (SSSR count). The molecular weight excluding hydrogens is 332 g/mol. The maximum atomic E-state index is 12.0. The second-order valence-corrected chi connectivity index (χ2v) is 6.30. The summed E-state index contributed by atoms with van der Waals surface area (Å²) in [7, 11) is 1.64. The molecule has 2 heterocycles. The van der Waals surface area contributed by atoms with Crippen LogP contribution in [-0.4, -0.2) is 57.3 Å². The highest BCUT2D eigenvalue weighted by Crippen LogP contribution is 2.24. The number of carbonyl (C=O) groups is 1. The van der Waals surface area contributed by atoms with Crippen LogP contribution in [0.2, 0.25) is 0 Å². The molecule has 0 spiro atoms. The highest BCUT2D eigenvalue weighted by molar-refractivity contribution is 5.76. The molecule has 1 amide bonds. The molecule has 0 atom stereocenters. The molecule has 1 aliphatic rings. The van der Waals surface area contributed by atoms with Crippen LogP contribution in [0.25, 0.3) is 11.3 Å². The molecule has 140 valence electrons. The number of rotatable bonds is 8. The number of hydrogen-bond donors (Lipinski definition) is 1. The van der Waals surface area contributed by atoms with Crippen LogP contribution in [0.4, 0.5) is 0 Å². The number of ether oxygens (including phenoxy) is 2. The first-order chi connectivity index (χ1) is 12.7. The zero-order chi connectivity index (χ0) is 18.2. The van der Waals surface area contributed by atoms with E-state index in [2.05, 4.69) is 10.2 Å². The summed E-state index contributed by atoms with van der Waals surface area (Å²) >= 11 is 0. The van der Waals surface area contributed by atoms with Crippen molar-refractivity contribution in [1.29, 1.82) is 0 Å². The number of morpholine rings is 1. The molecule has 26 heavy (non-hydrogen) atoms. The molecule has 1 fully saturated rings. The lowest BCUT2D eigenvalue weighted by atomic mass is 10.2. The minimum atomic E-state index is 0.0562. The second-order valence-electron chi connectivity index (χ2n) is 6.30. The van der Waals surface area contributed by atoms with E-state index < -0.39 is 0 Å². The van der Waals surface area contributed by atoms with E-state index in [0.717, 1.165) is 55.7 Å². The van der Waals surface area contributed by atoms with Crippen molar-refractivity contribution < 1.29 is 18.7 Å². The van der Waals surface area contributed by atoms with Crippen molar-refractivity contribution in [2.75, 3.05) is 46.5 Å². The minimum absolute atomic E-state index is 0.0562. The maximum absolute atomic E-state index is 12.0. The molecule has 1 aliphatic heterocycles. The second kappa shape index (κ2) is 9.40. The van der Waals surface area contributed by atoms with Crippen LogP contribution in [0.1, 0.15) is 12.2 Å². The Morgan fingerprint density at radius 1 is 1.15 bits per heavy atom. The van der Waals surface area contributed by atoms with Gasteiger partial charge in [-0.05, 0) is 36.4 Å². The van der Waals surface area contributed by atoms with E-state index in [4.69, 9.17) is 13.9 Å². The van der Waals surface area contributed by atoms with Gasteiger partial charge in [0.1, 0.15) is 17.3 Å². The lowest BCUT2D eigenvalue weighted by Crippen LogP contribution is -2.41. The van der Waals surface area contributed by atoms with Crippen LogP contribution in [-0.2, 0) is 16.0 Å². The van der Waals surface area contributed by atoms with E-state index in [1.54, 1.807) is 7.11 Å². The minimum Gasteiger partial charge on any atom is -0.497 e. The van der Waals surface area contributed by atoms with Gasteiger partial charge in [0.25, 0.3) is 0 Å². The van der Waals surface area contributed by atoms with E-state index in [1.807, 2.05) is 36.4 Å². The van der Waals surface area contributed by atoms with Crippen molar-refractivity contribution >= 4 is 5.91 Å².